The quantitative estimate of drug-likeness (QED) is 0.566. The molecule has 76 valence electrons. The predicted octanol–water partition coefficient (Wildman–Crippen LogP) is 3.10. The Bertz CT molecular complexity index is 336. The lowest BCUT2D eigenvalue weighted by atomic mass is 10.1. The lowest BCUT2D eigenvalue weighted by molar-refractivity contribution is -0.138. The monoisotopic (exact) mass is 210 g/mol. The second-order valence-electron chi connectivity index (χ2n) is 2.98. The molecule has 0 aliphatic heterocycles. The fraction of sp³-hybridized carbons (Fsp3) is 0.364. The summed E-state index contributed by atoms with van der Waals surface area (Å²) in [6.07, 6.45) is 0. The Morgan fingerprint density at radius 2 is 2.21 bits per heavy atom. The van der Waals surface area contributed by atoms with E-state index < -0.39 is 0 Å². The summed E-state index contributed by atoms with van der Waals surface area (Å²) in [5.74, 6) is -0.226. The Morgan fingerprint density at radius 3 is 2.71 bits per heavy atom. The van der Waals surface area contributed by atoms with Crippen molar-refractivity contribution in [3.05, 3.63) is 28.0 Å². The highest BCUT2D eigenvalue weighted by molar-refractivity contribution is 7.08. The van der Waals surface area contributed by atoms with Crippen LogP contribution < -0.4 is 0 Å². The van der Waals surface area contributed by atoms with Gasteiger partial charge >= 0.3 is 5.97 Å². The molecule has 0 amide bonds. The Labute approximate surface area is 88.2 Å². The highest BCUT2D eigenvalue weighted by Crippen LogP contribution is 2.21. The van der Waals surface area contributed by atoms with Crippen LogP contribution >= 0.6 is 11.3 Å². The van der Waals surface area contributed by atoms with E-state index in [1.165, 1.54) is 0 Å². The van der Waals surface area contributed by atoms with Crippen molar-refractivity contribution >= 4 is 22.9 Å². The van der Waals surface area contributed by atoms with Gasteiger partial charge in [-0.1, -0.05) is 0 Å². The zero-order valence-electron chi connectivity index (χ0n) is 8.66. The molecule has 3 heteroatoms. The van der Waals surface area contributed by atoms with Crippen molar-refractivity contribution in [3.8, 4) is 0 Å². The number of carbonyl (C=O) groups is 1. The van der Waals surface area contributed by atoms with Gasteiger partial charge in [-0.2, -0.15) is 11.3 Å². The van der Waals surface area contributed by atoms with Crippen LogP contribution in [0.4, 0.5) is 0 Å². The van der Waals surface area contributed by atoms with Gasteiger partial charge in [0.15, 0.2) is 0 Å². The van der Waals surface area contributed by atoms with E-state index in [1.54, 1.807) is 18.3 Å². The third kappa shape index (κ3) is 2.45. The summed E-state index contributed by atoms with van der Waals surface area (Å²) in [6, 6.07) is 2.00. The van der Waals surface area contributed by atoms with Gasteiger partial charge in [0.2, 0.25) is 0 Å². The van der Waals surface area contributed by atoms with Crippen molar-refractivity contribution in [2.45, 2.75) is 20.8 Å². The molecule has 0 aliphatic carbocycles. The highest BCUT2D eigenvalue weighted by Gasteiger charge is 2.09. The molecule has 1 aromatic rings. The summed E-state index contributed by atoms with van der Waals surface area (Å²) >= 11 is 1.62. The van der Waals surface area contributed by atoms with Crippen LogP contribution in [0.5, 0.6) is 0 Å². The van der Waals surface area contributed by atoms with Crippen LogP contribution in [0.1, 0.15) is 26.3 Å². The second-order valence-corrected chi connectivity index (χ2v) is 3.76. The van der Waals surface area contributed by atoms with E-state index in [1.807, 2.05) is 30.7 Å². The molecule has 0 fully saturated rings. The van der Waals surface area contributed by atoms with Gasteiger partial charge in [-0.25, -0.2) is 4.79 Å². The molecule has 0 spiro atoms. The van der Waals surface area contributed by atoms with E-state index in [0.29, 0.717) is 12.2 Å². The first kappa shape index (κ1) is 11.0. The van der Waals surface area contributed by atoms with E-state index >= 15 is 0 Å². The predicted molar refractivity (Wildman–Crippen MR) is 59.2 cm³/mol. The van der Waals surface area contributed by atoms with E-state index in [2.05, 4.69) is 0 Å². The fourth-order valence-corrected chi connectivity index (χ4v) is 1.79. The lowest BCUT2D eigenvalue weighted by Gasteiger charge is -2.05. The van der Waals surface area contributed by atoms with E-state index in [9.17, 15) is 4.79 Å². The molecule has 2 nitrogen and oxygen atoms in total. The average molecular weight is 210 g/mol. The Balaban J connectivity index is 2.88. The average Bonchev–Trinajstić information content (AvgIpc) is 2.68. The minimum atomic E-state index is -0.226. The fourth-order valence-electron chi connectivity index (χ4n) is 1.09. The summed E-state index contributed by atoms with van der Waals surface area (Å²) in [4.78, 5) is 11.4. The summed E-state index contributed by atoms with van der Waals surface area (Å²) in [5.41, 5.74) is 2.77. The maximum atomic E-state index is 11.4. The molecular formula is C11H14O2S. The maximum absolute atomic E-state index is 11.4. The molecule has 1 heterocycles. The first-order valence-electron chi connectivity index (χ1n) is 4.54. The van der Waals surface area contributed by atoms with Crippen LogP contribution in [0, 0.1) is 0 Å². The number of hydrogen-bond donors (Lipinski definition) is 0. The van der Waals surface area contributed by atoms with E-state index in [0.717, 1.165) is 11.1 Å². The number of carbonyl (C=O) groups excluding carboxylic acids is 1. The van der Waals surface area contributed by atoms with Crippen molar-refractivity contribution in [2.75, 3.05) is 6.61 Å². The number of thiophene rings is 1. The Hall–Kier alpha value is -1.09. The third-order valence-electron chi connectivity index (χ3n) is 2.10. The van der Waals surface area contributed by atoms with Crippen molar-refractivity contribution < 1.29 is 9.53 Å². The molecule has 0 unspecified atom stereocenters. The standard InChI is InChI=1S/C11H14O2S/c1-4-13-11(12)9(3)8(2)10-5-6-14-7-10/h5-7H,4H2,1-3H3/b9-8-. The SMILES string of the molecule is CCOC(=O)/C(C)=C(/C)c1ccsc1. The van der Waals surface area contributed by atoms with Crippen molar-refractivity contribution in [1.29, 1.82) is 0 Å². The molecule has 0 aliphatic rings. The van der Waals surface area contributed by atoms with Crippen LogP contribution in [0.15, 0.2) is 22.4 Å². The zero-order valence-corrected chi connectivity index (χ0v) is 9.48. The van der Waals surface area contributed by atoms with Gasteiger partial charge in [0, 0.05) is 5.57 Å². The molecular weight excluding hydrogens is 196 g/mol. The van der Waals surface area contributed by atoms with Gasteiger partial charge in [0.25, 0.3) is 0 Å². The van der Waals surface area contributed by atoms with Crippen molar-refractivity contribution in [2.24, 2.45) is 0 Å². The summed E-state index contributed by atoms with van der Waals surface area (Å²) in [5, 5.41) is 4.02. The Kier molecular flexibility index (Phi) is 3.89. The van der Waals surface area contributed by atoms with E-state index in [-0.39, 0.29) is 5.97 Å². The third-order valence-corrected chi connectivity index (χ3v) is 2.78. The second kappa shape index (κ2) is 4.96. The van der Waals surface area contributed by atoms with Gasteiger partial charge in [-0.05, 0) is 48.7 Å². The maximum Gasteiger partial charge on any atom is 0.333 e. The summed E-state index contributed by atoms with van der Waals surface area (Å²) in [6.45, 7) is 5.97. The normalized spacial score (nSPS) is 12.2. The first-order chi connectivity index (χ1) is 6.66. The molecule has 0 radical (unpaired) electrons. The topological polar surface area (TPSA) is 26.3 Å². The molecule has 1 aromatic heterocycles. The first-order valence-corrected chi connectivity index (χ1v) is 5.48. The largest absolute Gasteiger partial charge is 0.463 e. The van der Waals surface area contributed by atoms with E-state index in [4.69, 9.17) is 4.74 Å². The van der Waals surface area contributed by atoms with Gasteiger partial charge in [-0.15, -0.1) is 0 Å². The van der Waals surface area contributed by atoms with Crippen LogP contribution in [-0.4, -0.2) is 12.6 Å². The molecule has 14 heavy (non-hydrogen) atoms. The highest BCUT2D eigenvalue weighted by atomic mass is 32.1. The van der Waals surface area contributed by atoms with Gasteiger partial charge in [-0.3, -0.25) is 0 Å². The number of rotatable bonds is 3. The van der Waals surface area contributed by atoms with Crippen molar-refractivity contribution in [3.63, 3.8) is 0 Å². The number of ether oxygens (including phenoxy) is 1. The van der Waals surface area contributed by atoms with Gasteiger partial charge in [0.1, 0.15) is 0 Å². The molecule has 0 N–H and O–H groups in total. The van der Waals surface area contributed by atoms with Crippen LogP contribution in [0.3, 0.4) is 0 Å². The van der Waals surface area contributed by atoms with Crippen LogP contribution in [-0.2, 0) is 9.53 Å². The molecule has 1 rings (SSSR count). The molecule has 0 saturated heterocycles. The smallest absolute Gasteiger partial charge is 0.333 e. The minimum absolute atomic E-state index is 0.226. The number of esters is 1. The van der Waals surface area contributed by atoms with Crippen LogP contribution in [0.2, 0.25) is 0 Å². The minimum Gasteiger partial charge on any atom is -0.463 e. The molecule has 0 aromatic carbocycles. The lowest BCUT2D eigenvalue weighted by Crippen LogP contribution is -2.06. The molecule has 0 bridgehead atoms. The number of hydrogen-bond acceptors (Lipinski definition) is 3. The van der Waals surface area contributed by atoms with Gasteiger partial charge < -0.3 is 4.74 Å². The van der Waals surface area contributed by atoms with Crippen LogP contribution in [0.25, 0.3) is 5.57 Å². The zero-order chi connectivity index (χ0) is 10.6. The Morgan fingerprint density at radius 1 is 1.50 bits per heavy atom. The number of allylic oxidation sites excluding steroid dienone is 1. The molecule has 0 saturated carbocycles. The molecule has 0 atom stereocenters. The van der Waals surface area contributed by atoms with Crippen molar-refractivity contribution in [1.82, 2.24) is 0 Å². The summed E-state index contributed by atoms with van der Waals surface area (Å²) < 4.78 is 4.93. The van der Waals surface area contributed by atoms with Gasteiger partial charge in [0.05, 0.1) is 6.61 Å². The summed E-state index contributed by atoms with van der Waals surface area (Å²) in [7, 11) is 0.